The molecule has 0 unspecified atom stereocenters. The molecule has 0 aliphatic rings. The van der Waals surface area contributed by atoms with Gasteiger partial charge >= 0.3 is 6.18 Å². The first-order valence-corrected chi connectivity index (χ1v) is 10.2. The van der Waals surface area contributed by atoms with Crippen LogP contribution < -0.4 is 10.0 Å². The number of carbonyl (C=O) groups is 1. The monoisotopic (exact) mass is 448 g/mol. The van der Waals surface area contributed by atoms with Gasteiger partial charge in [0.15, 0.2) is 0 Å². The standard InChI is InChI=1S/C20H15F3N4O3S/c21-20(22,23)17(14-5-2-1-3-6-14)13-18(28)26-15-7-9-16(10-8-15)31(29,30)27-19-24-11-4-12-25-19/h1-13H,(H,26,28)(H,24,25,27)/b17-13+. The Labute approximate surface area is 175 Å². The summed E-state index contributed by atoms with van der Waals surface area (Å²) < 4.78 is 66.9. The maximum absolute atomic E-state index is 13.3. The SMILES string of the molecule is O=C(/C=C(\c1ccccc1)C(F)(F)F)Nc1ccc(S(=O)(=O)Nc2ncccn2)cc1. The van der Waals surface area contributed by atoms with Gasteiger partial charge in [-0.1, -0.05) is 30.3 Å². The van der Waals surface area contributed by atoms with Crippen molar-refractivity contribution in [2.75, 3.05) is 10.0 Å². The molecule has 1 amide bonds. The number of amides is 1. The first-order valence-electron chi connectivity index (χ1n) is 8.70. The number of aromatic nitrogens is 2. The number of alkyl halides is 3. The van der Waals surface area contributed by atoms with E-state index in [-0.39, 0.29) is 22.1 Å². The highest BCUT2D eigenvalue weighted by Crippen LogP contribution is 2.33. The summed E-state index contributed by atoms with van der Waals surface area (Å²) in [6.45, 7) is 0. The molecule has 2 aromatic carbocycles. The molecule has 0 radical (unpaired) electrons. The van der Waals surface area contributed by atoms with Gasteiger partial charge in [0, 0.05) is 24.2 Å². The Morgan fingerprint density at radius 3 is 2.10 bits per heavy atom. The third-order valence-electron chi connectivity index (χ3n) is 3.89. The summed E-state index contributed by atoms with van der Waals surface area (Å²) in [6, 6.07) is 13.3. The predicted molar refractivity (Wildman–Crippen MR) is 108 cm³/mol. The molecule has 0 atom stereocenters. The van der Waals surface area contributed by atoms with Crippen molar-refractivity contribution in [2.45, 2.75) is 11.1 Å². The van der Waals surface area contributed by atoms with Gasteiger partial charge in [-0.15, -0.1) is 0 Å². The summed E-state index contributed by atoms with van der Waals surface area (Å²) in [5.74, 6) is -1.13. The lowest BCUT2D eigenvalue weighted by Gasteiger charge is -2.12. The topological polar surface area (TPSA) is 101 Å². The van der Waals surface area contributed by atoms with Crippen LogP contribution in [-0.2, 0) is 14.8 Å². The number of halogens is 3. The molecule has 0 aliphatic heterocycles. The maximum Gasteiger partial charge on any atom is 0.417 e. The normalized spacial score (nSPS) is 12.3. The minimum Gasteiger partial charge on any atom is -0.322 e. The number of hydrogen-bond donors (Lipinski definition) is 2. The number of carbonyl (C=O) groups excluding carboxylic acids is 1. The fourth-order valence-electron chi connectivity index (χ4n) is 2.50. The van der Waals surface area contributed by atoms with Crippen molar-refractivity contribution in [2.24, 2.45) is 0 Å². The summed E-state index contributed by atoms with van der Waals surface area (Å²) in [7, 11) is -3.98. The third kappa shape index (κ3) is 5.89. The van der Waals surface area contributed by atoms with E-state index in [2.05, 4.69) is 20.0 Å². The summed E-state index contributed by atoms with van der Waals surface area (Å²) in [5.41, 5.74) is -1.14. The van der Waals surface area contributed by atoms with Crippen LogP contribution in [0.3, 0.4) is 0 Å². The number of sulfonamides is 1. The summed E-state index contributed by atoms with van der Waals surface area (Å²) in [6.07, 6.45) is -1.56. The molecule has 31 heavy (non-hydrogen) atoms. The lowest BCUT2D eigenvalue weighted by molar-refractivity contribution is -0.112. The Balaban J connectivity index is 1.76. The van der Waals surface area contributed by atoms with Gasteiger partial charge in [-0.05, 0) is 35.9 Å². The Bertz CT molecular complexity index is 1180. The number of rotatable bonds is 6. The van der Waals surface area contributed by atoms with E-state index in [0.717, 1.165) is 0 Å². The Hall–Kier alpha value is -3.73. The lowest BCUT2D eigenvalue weighted by Crippen LogP contribution is -2.16. The van der Waals surface area contributed by atoms with Crippen LogP contribution in [0.2, 0.25) is 0 Å². The smallest absolute Gasteiger partial charge is 0.322 e. The molecule has 0 bridgehead atoms. The van der Waals surface area contributed by atoms with E-state index in [1.165, 1.54) is 67.0 Å². The molecule has 7 nitrogen and oxygen atoms in total. The van der Waals surface area contributed by atoms with Crippen molar-refractivity contribution in [3.05, 3.63) is 84.7 Å². The molecule has 160 valence electrons. The zero-order valence-corrected chi connectivity index (χ0v) is 16.5. The van der Waals surface area contributed by atoms with Crippen LogP contribution in [0.15, 0.2) is 84.0 Å². The van der Waals surface area contributed by atoms with Gasteiger partial charge in [0.05, 0.1) is 10.5 Å². The second-order valence-electron chi connectivity index (χ2n) is 6.11. The van der Waals surface area contributed by atoms with E-state index in [9.17, 15) is 26.4 Å². The third-order valence-corrected chi connectivity index (χ3v) is 5.23. The zero-order valence-electron chi connectivity index (χ0n) is 15.7. The molecule has 3 aromatic rings. The van der Waals surface area contributed by atoms with E-state index in [1.807, 2.05) is 0 Å². The Morgan fingerprint density at radius 1 is 0.903 bits per heavy atom. The first-order chi connectivity index (χ1) is 14.6. The van der Waals surface area contributed by atoms with E-state index >= 15 is 0 Å². The highest BCUT2D eigenvalue weighted by atomic mass is 32.2. The number of allylic oxidation sites excluding steroid dienone is 1. The largest absolute Gasteiger partial charge is 0.417 e. The summed E-state index contributed by atoms with van der Waals surface area (Å²) >= 11 is 0. The van der Waals surface area contributed by atoms with Crippen LogP contribution in [0.1, 0.15) is 5.56 Å². The van der Waals surface area contributed by atoms with Crippen molar-refractivity contribution in [3.63, 3.8) is 0 Å². The highest BCUT2D eigenvalue weighted by Gasteiger charge is 2.35. The Kier molecular flexibility index (Phi) is 6.35. The van der Waals surface area contributed by atoms with Crippen molar-refractivity contribution >= 4 is 33.1 Å². The highest BCUT2D eigenvalue weighted by molar-refractivity contribution is 7.92. The molecular weight excluding hydrogens is 433 g/mol. The number of hydrogen-bond acceptors (Lipinski definition) is 5. The quantitative estimate of drug-likeness (QED) is 0.558. The predicted octanol–water partition coefficient (Wildman–Crippen LogP) is 3.86. The number of nitrogens with zero attached hydrogens (tertiary/aromatic N) is 2. The second kappa shape index (κ2) is 8.96. The molecule has 0 aliphatic carbocycles. The fraction of sp³-hybridized carbons (Fsp3) is 0.0500. The van der Waals surface area contributed by atoms with Crippen molar-refractivity contribution < 1.29 is 26.4 Å². The average Bonchev–Trinajstić information content (AvgIpc) is 2.73. The number of benzene rings is 2. The van der Waals surface area contributed by atoms with Gasteiger partial charge in [0.25, 0.3) is 10.0 Å². The summed E-state index contributed by atoms with van der Waals surface area (Å²) in [4.78, 5) is 19.5. The van der Waals surface area contributed by atoms with Gasteiger partial charge in [-0.2, -0.15) is 13.2 Å². The minimum atomic E-state index is -4.73. The van der Waals surface area contributed by atoms with Gasteiger partial charge in [0.2, 0.25) is 11.9 Å². The molecule has 1 heterocycles. The van der Waals surface area contributed by atoms with Crippen molar-refractivity contribution in [3.8, 4) is 0 Å². The summed E-state index contributed by atoms with van der Waals surface area (Å²) in [5, 5.41) is 2.29. The van der Waals surface area contributed by atoms with Crippen molar-refractivity contribution in [1.82, 2.24) is 9.97 Å². The fourth-order valence-corrected chi connectivity index (χ4v) is 3.46. The van der Waals surface area contributed by atoms with Crippen LogP contribution in [0.4, 0.5) is 24.8 Å². The van der Waals surface area contributed by atoms with E-state index < -0.39 is 27.7 Å². The number of anilines is 2. The van der Waals surface area contributed by atoms with Gasteiger partial charge in [-0.25, -0.2) is 23.1 Å². The van der Waals surface area contributed by atoms with E-state index in [4.69, 9.17) is 0 Å². The molecule has 0 saturated heterocycles. The van der Waals surface area contributed by atoms with Gasteiger partial charge in [0.1, 0.15) is 0 Å². The Morgan fingerprint density at radius 2 is 1.52 bits per heavy atom. The molecule has 3 rings (SSSR count). The molecule has 1 aromatic heterocycles. The van der Waals surface area contributed by atoms with E-state index in [0.29, 0.717) is 6.08 Å². The van der Waals surface area contributed by atoms with Crippen LogP contribution in [0.25, 0.3) is 5.57 Å². The lowest BCUT2D eigenvalue weighted by atomic mass is 10.1. The van der Waals surface area contributed by atoms with Gasteiger partial charge < -0.3 is 5.32 Å². The maximum atomic E-state index is 13.3. The second-order valence-corrected chi connectivity index (χ2v) is 7.80. The molecule has 0 spiro atoms. The van der Waals surface area contributed by atoms with Crippen LogP contribution in [0.5, 0.6) is 0 Å². The molecule has 2 N–H and O–H groups in total. The van der Waals surface area contributed by atoms with E-state index in [1.54, 1.807) is 6.07 Å². The van der Waals surface area contributed by atoms with Crippen LogP contribution in [-0.4, -0.2) is 30.5 Å². The van der Waals surface area contributed by atoms with Crippen LogP contribution in [0, 0.1) is 0 Å². The van der Waals surface area contributed by atoms with Crippen molar-refractivity contribution in [1.29, 1.82) is 0 Å². The first kappa shape index (κ1) is 22.0. The number of nitrogens with one attached hydrogen (secondary N) is 2. The molecule has 0 saturated carbocycles. The average molecular weight is 448 g/mol. The van der Waals surface area contributed by atoms with Crippen LogP contribution >= 0.6 is 0 Å². The van der Waals surface area contributed by atoms with Gasteiger partial charge in [-0.3, -0.25) is 4.79 Å². The molecule has 11 heteroatoms. The minimum absolute atomic E-state index is 0.116. The molecule has 0 fully saturated rings. The molecular formula is C20H15F3N4O3S. The zero-order chi connectivity index (χ0) is 22.5.